The van der Waals surface area contributed by atoms with Gasteiger partial charge in [-0.2, -0.15) is 0 Å². The zero-order chi connectivity index (χ0) is 11.4. The molecule has 0 radical (unpaired) electrons. The van der Waals surface area contributed by atoms with Crippen molar-refractivity contribution in [3.8, 4) is 0 Å². The summed E-state index contributed by atoms with van der Waals surface area (Å²) in [6, 6.07) is 7.99. The maximum absolute atomic E-state index is 11.4. The van der Waals surface area contributed by atoms with Crippen molar-refractivity contribution in [2.24, 2.45) is 0 Å². The number of alkyl halides is 1. The van der Waals surface area contributed by atoms with Crippen LogP contribution in [0.4, 0.5) is 0 Å². The van der Waals surface area contributed by atoms with E-state index in [9.17, 15) is 4.79 Å². The van der Waals surface area contributed by atoms with E-state index in [2.05, 4.69) is 5.32 Å². The predicted octanol–water partition coefficient (Wildman–Crippen LogP) is 2.80. The zero-order valence-corrected chi connectivity index (χ0v) is 10.0. The number of carbonyl (C=O) groups is 1. The van der Waals surface area contributed by atoms with Crippen molar-refractivity contribution < 1.29 is 4.79 Å². The lowest BCUT2D eigenvalue weighted by Gasteiger charge is -2.17. The Hall–Kier alpha value is -1.02. The Balaban J connectivity index is 2.73. The van der Waals surface area contributed by atoms with Gasteiger partial charge in [-0.3, -0.25) is 4.79 Å². The number of aryl methyl sites for hydroxylation is 1. The molecule has 1 amide bonds. The van der Waals surface area contributed by atoms with Gasteiger partial charge in [0.2, 0.25) is 5.91 Å². The van der Waals surface area contributed by atoms with Crippen LogP contribution >= 0.6 is 11.6 Å². The molecule has 0 aliphatic heterocycles. The van der Waals surface area contributed by atoms with Crippen LogP contribution in [0.3, 0.4) is 0 Å². The Labute approximate surface area is 95.6 Å². The Kier molecular flexibility index (Phi) is 4.15. The summed E-state index contributed by atoms with van der Waals surface area (Å²) in [6.45, 7) is 5.66. The molecule has 3 heteroatoms. The van der Waals surface area contributed by atoms with E-state index in [-0.39, 0.29) is 11.9 Å². The molecule has 0 saturated heterocycles. The van der Waals surface area contributed by atoms with Crippen LogP contribution in [0.15, 0.2) is 24.3 Å². The molecular formula is C12H16ClNO. The molecule has 0 heterocycles. The number of carbonyl (C=O) groups excluding carboxylic acids is 1. The predicted molar refractivity (Wildman–Crippen MR) is 63.1 cm³/mol. The summed E-state index contributed by atoms with van der Waals surface area (Å²) in [4.78, 5) is 11.4. The molecule has 0 aliphatic carbocycles. The van der Waals surface area contributed by atoms with E-state index in [0.29, 0.717) is 0 Å². The minimum absolute atomic E-state index is 0.0000926. The fourth-order valence-corrected chi connectivity index (χ4v) is 1.54. The highest BCUT2D eigenvalue weighted by Crippen LogP contribution is 2.16. The number of nitrogens with one attached hydrogen (secondary N) is 1. The molecule has 1 N–H and O–H groups in total. The second-order valence-corrected chi connectivity index (χ2v) is 4.36. The number of halogens is 1. The van der Waals surface area contributed by atoms with Gasteiger partial charge in [0.05, 0.1) is 6.04 Å². The molecule has 82 valence electrons. The highest BCUT2D eigenvalue weighted by molar-refractivity contribution is 6.30. The fraction of sp³-hybridized carbons (Fsp3) is 0.417. The van der Waals surface area contributed by atoms with Crippen LogP contribution in [-0.4, -0.2) is 11.3 Å². The van der Waals surface area contributed by atoms with E-state index in [1.165, 1.54) is 5.56 Å². The summed E-state index contributed by atoms with van der Waals surface area (Å²) in [5.74, 6) is -0.132. The van der Waals surface area contributed by atoms with Gasteiger partial charge in [-0.15, -0.1) is 11.6 Å². The van der Waals surface area contributed by atoms with Crippen LogP contribution in [0.5, 0.6) is 0 Å². The van der Waals surface area contributed by atoms with Gasteiger partial charge >= 0.3 is 0 Å². The van der Waals surface area contributed by atoms with E-state index in [0.717, 1.165) is 5.56 Å². The third kappa shape index (κ3) is 3.24. The first-order chi connectivity index (χ1) is 7.02. The normalized spacial score (nSPS) is 14.4. The first-order valence-electron chi connectivity index (χ1n) is 5.02. The average Bonchev–Trinajstić information content (AvgIpc) is 2.18. The Morgan fingerprint density at radius 1 is 1.33 bits per heavy atom. The molecule has 2 nitrogen and oxygen atoms in total. The number of amides is 1. The number of hydrogen-bond donors (Lipinski definition) is 1. The Morgan fingerprint density at radius 2 is 1.93 bits per heavy atom. The smallest absolute Gasteiger partial charge is 0.238 e. The SMILES string of the molecule is Cc1ccccc1C(C)NC(=O)C(C)Cl. The molecule has 0 saturated carbocycles. The van der Waals surface area contributed by atoms with Crippen molar-refractivity contribution in [1.29, 1.82) is 0 Å². The monoisotopic (exact) mass is 225 g/mol. The molecule has 1 aromatic rings. The quantitative estimate of drug-likeness (QED) is 0.788. The standard InChI is InChI=1S/C12H16ClNO/c1-8-6-4-5-7-11(8)10(3)14-12(15)9(2)13/h4-7,9-10H,1-3H3,(H,14,15). The van der Waals surface area contributed by atoms with Gasteiger partial charge in [-0.25, -0.2) is 0 Å². The lowest BCUT2D eigenvalue weighted by atomic mass is 10.0. The lowest BCUT2D eigenvalue weighted by Crippen LogP contribution is -2.32. The maximum atomic E-state index is 11.4. The fourth-order valence-electron chi connectivity index (χ4n) is 1.48. The summed E-state index contributed by atoms with van der Waals surface area (Å²) in [6.07, 6.45) is 0. The number of rotatable bonds is 3. The van der Waals surface area contributed by atoms with Gasteiger partial charge in [0.1, 0.15) is 5.38 Å². The second-order valence-electron chi connectivity index (χ2n) is 3.70. The Morgan fingerprint density at radius 3 is 2.47 bits per heavy atom. The molecule has 0 aliphatic rings. The van der Waals surface area contributed by atoms with Gasteiger partial charge in [0, 0.05) is 0 Å². The minimum Gasteiger partial charge on any atom is -0.348 e. The number of hydrogen-bond acceptors (Lipinski definition) is 1. The third-order valence-corrected chi connectivity index (χ3v) is 2.57. The maximum Gasteiger partial charge on any atom is 0.238 e. The number of benzene rings is 1. The van der Waals surface area contributed by atoms with Crippen LogP contribution in [-0.2, 0) is 4.79 Å². The largest absolute Gasteiger partial charge is 0.348 e. The summed E-state index contributed by atoms with van der Waals surface area (Å²) in [7, 11) is 0. The molecule has 1 rings (SSSR count). The van der Waals surface area contributed by atoms with E-state index < -0.39 is 5.38 Å². The zero-order valence-electron chi connectivity index (χ0n) is 9.25. The van der Waals surface area contributed by atoms with Crippen LogP contribution in [0.1, 0.15) is 31.0 Å². The molecule has 0 bridgehead atoms. The van der Waals surface area contributed by atoms with Crippen molar-refractivity contribution in [3.05, 3.63) is 35.4 Å². The van der Waals surface area contributed by atoms with Crippen molar-refractivity contribution in [3.63, 3.8) is 0 Å². The van der Waals surface area contributed by atoms with Crippen molar-refractivity contribution in [2.45, 2.75) is 32.2 Å². The topological polar surface area (TPSA) is 29.1 Å². The van der Waals surface area contributed by atoms with E-state index >= 15 is 0 Å². The van der Waals surface area contributed by atoms with Crippen molar-refractivity contribution in [2.75, 3.05) is 0 Å². The molecule has 1 aromatic carbocycles. The van der Waals surface area contributed by atoms with Crippen LogP contribution in [0, 0.1) is 6.92 Å². The average molecular weight is 226 g/mol. The summed E-state index contributed by atoms with van der Waals surface area (Å²) in [5, 5.41) is 2.38. The highest BCUT2D eigenvalue weighted by atomic mass is 35.5. The highest BCUT2D eigenvalue weighted by Gasteiger charge is 2.14. The van der Waals surface area contributed by atoms with Gasteiger partial charge in [0.15, 0.2) is 0 Å². The van der Waals surface area contributed by atoms with Gasteiger partial charge in [0.25, 0.3) is 0 Å². The van der Waals surface area contributed by atoms with E-state index in [4.69, 9.17) is 11.6 Å². The first-order valence-corrected chi connectivity index (χ1v) is 5.46. The lowest BCUT2D eigenvalue weighted by molar-refractivity contribution is -0.121. The van der Waals surface area contributed by atoms with Gasteiger partial charge < -0.3 is 5.32 Å². The molecule has 15 heavy (non-hydrogen) atoms. The second kappa shape index (κ2) is 5.17. The Bertz CT molecular complexity index is 349. The molecule has 0 spiro atoms. The van der Waals surface area contributed by atoms with Crippen LogP contribution < -0.4 is 5.32 Å². The van der Waals surface area contributed by atoms with E-state index in [1.54, 1.807) is 6.92 Å². The molecule has 2 unspecified atom stereocenters. The summed E-state index contributed by atoms with van der Waals surface area (Å²) >= 11 is 5.69. The van der Waals surface area contributed by atoms with Gasteiger partial charge in [-0.05, 0) is 31.9 Å². The third-order valence-electron chi connectivity index (χ3n) is 2.38. The molecule has 2 atom stereocenters. The molecule has 0 fully saturated rings. The van der Waals surface area contributed by atoms with E-state index in [1.807, 2.05) is 38.1 Å². The summed E-state index contributed by atoms with van der Waals surface area (Å²) < 4.78 is 0. The van der Waals surface area contributed by atoms with Crippen LogP contribution in [0.25, 0.3) is 0 Å². The molecular weight excluding hydrogens is 210 g/mol. The molecule has 0 aromatic heterocycles. The van der Waals surface area contributed by atoms with Crippen molar-refractivity contribution >= 4 is 17.5 Å². The van der Waals surface area contributed by atoms with Crippen molar-refractivity contribution in [1.82, 2.24) is 5.32 Å². The first kappa shape index (κ1) is 12.1. The minimum atomic E-state index is -0.489. The summed E-state index contributed by atoms with van der Waals surface area (Å²) in [5.41, 5.74) is 2.30. The van der Waals surface area contributed by atoms with Crippen LogP contribution in [0.2, 0.25) is 0 Å². The van der Waals surface area contributed by atoms with Gasteiger partial charge in [-0.1, -0.05) is 24.3 Å².